The molecule has 5 nitrogen and oxygen atoms in total. The predicted molar refractivity (Wildman–Crippen MR) is 83.7 cm³/mol. The van der Waals surface area contributed by atoms with Crippen LogP contribution in [-0.2, 0) is 4.79 Å². The molecule has 1 amide bonds. The summed E-state index contributed by atoms with van der Waals surface area (Å²) in [7, 11) is 0. The Bertz CT molecular complexity index is 646. The van der Waals surface area contributed by atoms with Crippen molar-refractivity contribution in [3.63, 3.8) is 0 Å². The molecule has 1 aliphatic rings. The SMILES string of the molecule is CCN1C(=O)C(=Cc2cc([N+](=O)[O-])ccc2Cl)SC1=S. The van der Waals surface area contributed by atoms with Crippen LogP contribution >= 0.6 is 35.6 Å². The molecular formula is C12H9ClN2O3S2. The van der Waals surface area contributed by atoms with Gasteiger partial charge >= 0.3 is 0 Å². The molecule has 1 saturated heterocycles. The minimum Gasteiger partial charge on any atom is -0.293 e. The van der Waals surface area contributed by atoms with E-state index in [0.29, 0.717) is 26.4 Å². The van der Waals surface area contributed by atoms with Gasteiger partial charge in [0.1, 0.15) is 4.32 Å². The first-order valence-corrected chi connectivity index (χ1v) is 7.23. The molecule has 1 aromatic rings. The van der Waals surface area contributed by atoms with Gasteiger partial charge in [-0.05, 0) is 19.1 Å². The number of nitro groups is 1. The Balaban J connectivity index is 2.41. The number of benzene rings is 1. The van der Waals surface area contributed by atoms with E-state index >= 15 is 0 Å². The first kappa shape index (κ1) is 15.0. The quantitative estimate of drug-likeness (QED) is 0.368. The molecule has 0 radical (unpaired) electrons. The van der Waals surface area contributed by atoms with Gasteiger partial charge < -0.3 is 0 Å². The van der Waals surface area contributed by atoms with E-state index in [4.69, 9.17) is 23.8 Å². The van der Waals surface area contributed by atoms with Gasteiger partial charge in [0.25, 0.3) is 11.6 Å². The van der Waals surface area contributed by atoms with Gasteiger partial charge in [0.15, 0.2) is 0 Å². The maximum Gasteiger partial charge on any atom is 0.270 e. The van der Waals surface area contributed by atoms with E-state index in [9.17, 15) is 14.9 Å². The number of carbonyl (C=O) groups is 1. The Morgan fingerprint density at radius 2 is 2.25 bits per heavy atom. The van der Waals surface area contributed by atoms with E-state index in [-0.39, 0.29) is 11.6 Å². The summed E-state index contributed by atoms with van der Waals surface area (Å²) in [5, 5.41) is 11.1. The van der Waals surface area contributed by atoms with Crippen molar-refractivity contribution in [1.29, 1.82) is 0 Å². The zero-order valence-electron chi connectivity index (χ0n) is 10.3. The Morgan fingerprint density at radius 3 is 2.80 bits per heavy atom. The number of hydrogen-bond acceptors (Lipinski definition) is 5. The number of thiocarbonyl (C=S) groups is 1. The summed E-state index contributed by atoms with van der Waals surface area (Å²) in [6.45, 7) is 2.32. The van der Waals surface area contributed by atoms with Gasteiger partial charge in [0.2, 0.25) is 0 Å². The van der Waals surface area contributed by atoms with Gasteiger partial charge in [-0.1, -0.05) is 35.6 Å². The lowest BCUT2D eigenvalue weighted by molar-refractivity contribution is -0.384. The summed E-state index contributed by atoms with van der Waals surface area (Å²) in [5.74, 6) is -0.204. The molecule has 0 aliphatic carbocycles. The number of non-ortho nitro benzene ring substituents is 1. The minimum absolute atomic E-state index is 0.0772. The minimum atomic E-state index is -0.509. The van der Waals surface area contributed by atoms with Crippen LogP contribution in [0.2, 0.25) is 5.02 Å². The number of rotatable bonds is 3. The molecule has 0 bridgehead atoms. The Kier molecular flexibility index (Phi) is 4.42. The predicted octanol–water partition coefficient (Wildman–Crippen LogP) is 3.47. The van der Waals surface area contributed by atoms with Crippen LogP contribution in [-0.4, -0.2) is 26.6 Å². The Morgan fingerprint density at radius 1 is 1.55 bits per heavy atom. The molecule has 2 rings (SSSR count). The normalized spacial score (nSPS) is 17.1. The highest BCUT2D eigenvalue weighted by atomic mass is 35.5. The van der Waals surface area contributed by atoms with Crippen LogP contribution in [0.3, 0.4) is 0 Å². The van der Waals surface area contributed by atoms with Crippen molar-refractivity contribution in [3.05, 3.63) is 43.8 Å². The smallest absolute Gasteiger partial charge is 0.270 e. The highest BCUT2D eigenvalue weighted by Crippen LogP contribution is 2.34. The average molecular weight is 329 g/mol. The van der Waals surface area contributed by atoms with E-state index < -0.39 is 4.92 Å². The Labute approximate surface area is 129 Å². The number of hydrogen-bond donors (Lipinski definition) is 0. The number of likely N-dealkylation sites (N-methyl/N-ethyl adjacent to an activating group) is 1. The van der Waals surface area contributed by atoms with E-state index in [2.05, 4.69) is 0 Å². The van der Waals surface area contributed by atoms with Crippen molar-refractivity contribution >= 4 is 57.6 Å². The summed E-state index contributed by atoms with van der Waals surface area (Å²) >= 11 is 12.3. The maximum absolute atomic E-state index is 12.1. The fourth-order valence-corrected chi connectivity index (χ4v) is 3.22. The zero-order chi connectivity index (χ0) is 14.9. The topological polar surface area (TPSA) is 63.5 Å². The molecule has 8 heteroatoms. The second-order valence-corrected chi connectivity index (χ2v) is 5.97. The molecule has 0 aromatic heterocycles. The standard InChI is InChI=1S/C12H9ClN2O3S2/c1-2-14-11(16)10(20-12(14)19)6-7-5-8(15(17)18)3-4-9(7)13/h3-6H,2H2,1H3. The van der Waals surface area contributed by atoms with Crippen LogP contribution < -0.4 is 0 Å². The lowest BCUT2D eigenvalue weighted by atomic mass is 10.2. The number of amides is 1. The molecular weight excluding hydrogens is 320 g/mol. The van der Waals surface area contributed by atoms with Gasteiger partial charge in [-0.15, -0.1) is 0 Å². The molecule has 1 fully saturated rings. The Hall–Kier alpha value is -1.44. The van der Waals surface area contributed by atoms with E-state index in [1.165, 1.54) is 29.2 Å². The van der Waals surface area contributed by atoms with Crippen molar-refractivity contribution in [2.45, 2.75) is 6.92 Å². The molecule has 104 valence electrons. The van der Waals surface area contributed by atoms with Crippen molar-refractivity contribution in [1.82, 2.24) is 4.90 Å². The van der Waals surface area contributed by atoms with Crippen molar-refractivity contribution in [2.24, 2.45) is 0 Å². The molecule has 0 spiro atoms. The van der Waals surface area contributed by atoms with Crippen molar-refractivity contribution in [2.75, 3.05) is 6.54 Å². The highest BCUT2D eigenvalue weighted by molar-refractivity contribution is 8.26. The molecule has 1 heterocycles. The third kappa shape index (κ3) is 2.84. The lowest BCUT2D eigenvalue weighted by Crippen LogP contribution is -2.27. The number of nitro benzene ring substituents is 1. The van der Waals surface area contributed by atoms with E-state index in [0.717, 1.165) is 11.8 Å². The van der Waals surface area contributed by atoms with Crippen LogP contribution in [0.15, 0.2) is 23.1 Å². The van der Waals surface area contributed by atoms with Gasteiger partial charge in [-0.3, -0.25) is 19.8 Å². The first-order valence-electron chi connectivity index (χ1n) is 5.63. The van der Waals surface area contributed by atoms with Crippen molar-refractivity contribution < 1.29 is 9.72 Å². The van der Waals surface area contributed by atoms with Crippen LogP contribution in [0.1, 0.15) is 12.5 Å². The number of thioether (sulfide) groups is 1. The van der Waals surface area contributed by atoms with Crippen molar-refractivity contribution in [3.8, 4) is 0 Å². The zero-order valence-corrected chi connectivity index (χ0v) is 12.7. The fraction of sp³-hybridized carbons (Fsp3) is 0.167. The second kappa shape index (κ2) is 5.90. The molecule has 1 aromatic carbocycles. The van der Waals surface area contributed by atoms with Gasteiger partial charge in [-0.25, -0.2) is 0 Å². The summed E-state index contributed by atoms with van der Waals surface area (Å²) in [5.41, 5.74) is 0.351. The number of halogens is 1. The lowest BCUT2D eigenvalue weighted by Gasteiger charge is -2.09. The van der Waals surface area contributed by atoms with Gasteiger partial charge in [0, 0.05) is 29.3 Å². The number of carbonyl (C=O) groups excluding carboxylic acids is 1. The fourth-order valence-electron chi connectivity index (χ4n) is 1.67. The molecule has 0 saturated carbocycles. The second-order valence-electron chi connectivity index (χ2n) is 3.89. The van der Waals surface area contributed by atoms with E-state index in [1.54, 1.807) is 0 Å². The van der Waals surface area contributed by atoms with Crippen LogP contribution in [0, 0.1) is 10.1 Å². The molecule has 1 aliphatic heterocycles. The summed E-state index contributed by atoms with van der Waals surface area (Å²) < 4.78 is 0.477. The maximum atomic E-state index is 12.1. The third-order valence-electron chi connectivity index (χ3n) is 2.67. The summed E-state index contributed by atoms with van der Waals surface area (Å²) in [4.78, 5) is 24.2. The molecule has 20 heavy (non-hydrogen) atoms. The largest absolute Gasteiger partial charge is 0.293 e. The molecule has 0 N–H and O–H groups in total. The highest BCUT2D eigenvalue weighted by Gasteiger charge is 2.30. The van der Waals surface area contributed by atoms with Crippen LogP contribution in [0.4, 0.5) is 5.69 Å². The van der Waals surface area contributed by atoms with Crippen LogP contribution in [0.5, 0.6) is 0 Å². The van der Waals surface area contributed by atoms with Gasteiger partial charge in [0.05, 0.1) is 9.83 Å². The third-order valence-corrected chi connectivity index (χ3v) is 4.39. The summed E-state index contributed by atoms with van der Waals surface area (Å²) in [6, 6.07) is 4.09. The van der Waals surface area contributed by atoms with Crippen LogP contribution in [0.25, 0.3) is 6.08 Å². The van der Waals surface area contributed by atoms with Gasteiger partial charge in [-0.2, -0.15) is 0 Å². The molecule has 0 unspecified atom stereocenters. The van der Waals surface area contributed by atoms with E-state index in [1.807, 2.05) is 6.92 Å². The number of nitrogens with zero attached hydrogens (tertiary/aromatic N) is 2. The summed E-state index contributed by atoms with van der Waals surface area (Å²) in [6.07, 6.45) is 1.53. The average Bonchev–Trinajstić information content (AvgIpc) is 2.66. The monoisotopic (exact) mass is 328 g/mol. The molecule has 0 atom stereocenters. The first-order chi connectivity index (χ1) is 9.43.